The van der Waals surface area contributed by atoms with E-state index in [0.717, 1.165) is 36.1 Å². The molecule has 1 unspecified atom stereocenters. The van der Waals surface area contributed by atoms with Crippen molar-refractivity contribution in [3.8, 4) is 0 Å². The molecule has 1 atom stereocenters. The van der Waals surface area contributed by atoms with E-state index in [2.05, 4.69) is 16.8 Å². The lowest BCUT2D eigenvalue weighted by molar-refractivity contribution is 0.445. The van der Waals surface area contributed by atoms with Crippen molar-refractivity contribution >= 4 is 11.5 Å². The van der Waals surface area contributed by atoms with Crippen LogP contribution in [0.3, 0.4) is 0 Å². The van der Waals surface area contributed by atoms with E-state index in [9.17, 15) is 0 Å². The smallest absolute Gasteiger partial charge is 0.152 e. The van der Waals surface area contributed by atoms with Crippen LogP contribution in [0.1, 0.15) is 25.3 Å². The fourth-order valence-corrected chi connectivity index (χ4v) is 2.19. The van der Waals surface area contributed by atoms with Gasteiger partial charge in [-0.3, -0.25) is 0 Å². The lowest BCUT2D eigenvalue weighted by Gasteiger charge is -2.32. The average molecular weight is 205 g/mol. The minimum atomic E-state index is 0.750. The number of aromatic nitrogens is 1. The standard InChI is InChI=1S/C12H19N3/c1-9-4-3-7-15(8-9)12-11(13)10(2)5-6-14-12/h5-6,9H,3-4,7-8,13H2,1-2H3. The second kappa shape index (κ2) is 4.09. The minimum absolute atomic E-state index is 0.750. The Bertz CT molecular complexity index is 349. The van der Waals surface area contributed by atoms with Crippen LogP contribution in [0.15, 0.2) is 12.3 Å². The summed E-state index contributed by atoms with van der Waals surface area (Å²) >= 11 is 0. The molecule has 2 rings (SSSR count). The zero-order valence-corrected chi connectivity index (χ0v) is 9.53. The van der Waals surface area contributed by atoms with E-state index in [4.69, 9.17) is 5.73 Å². The van der Waals surface area contributed by atoms with Crippen molar-refractivity contribution in [2.75, 3.05) is 23.7 Å². The quantitative estimate of drug-likeness (QED) is 0.764. The van der Waals surface area contributed by atoms with Gasteiger partial charge in [-0.05, 0) is 37.3 Å². The fourth-order valence-electron chi connectivity index (χ4n) is 2.19. The Morgan fingerprint density at radius 1 is 1.53 bits per heavy atom. The van der Waals surface area contributed by atoms with E-state index >= 15 is 0 Å². The molecule has 0 spiro atoms. The van der Waals surface area contributed by atoms with Crippen molar-refractivity contribution in [1.82, 2.24) is 4.98 Å². The molecule has 0 amide bonds. The Labute approximate surface area is 91.3 Å². The maximum absolute atomic E-state index is 6.05. The summed E-state index contributed by atoms with van der Waals surface area (Å²) in [5.74, 6) is 1.72. The normalized spacial score (nSPS) is 21.7. The van der Waals surface area contributed by atoms with Gasteiger partial charge in [-0.15, -0.1) is 0 Å². The van der Waals surface area contributed by atoms with Gasteiger partial charge < -0.3 is 10.6 Å². The molecule has 1 aromatic rings. The van der Waals surface area contributed by atoms with Gasteiger partial charge in [0.15, 0.2) is 5.82 Å². The van der Waals surface area contributed by atoms with Gasteiger partial charge >= 0.3 is 0 Å². The van der Waals surface area contributed by atoms with Gasteiger partial charge in [0.1, 0.15) is 0 Å². The predicted molar refractivity (Wildman–Crippen MR) is 64.0 cm³/mol. The van der Waals surface area contributed by atoms with Crippen LogP contribution in [-0.2, 0) is 0 Å². The lowest BCUT2D eigenvalue weighted by atomic mass is 10.00. The number of hydrogen-bond donors (Lipinski definition) is 1. The summed E-state index contributed by atoms with van der Waals surface area (Å²) in [6.07, 6.45) is 4.42. The first-order chi connectivity index (χ1) is 7.18. The molecule has 0 aliphatic carbocycles. The van der Waals surface area contributed by atoms with Crippen LogP contribution in [0.2, 0.25) is 0 Å². The first kappa shape index (κ1) is 10.3. The SMILES string of the molecule is Cc1ccnc(N2CCCC(C)C2)c1N. The molecule has 2 heterocycles. The Morgan fingerprint density at radius 2 is 2.33 bits per heavy atom. The Kier molecular flexibility index (Phi) is 2.80. The van der Waals surface area contributed by atoms with Crippen LogP contribution in [0.4, 0.5) is 11.5 Å². The molecule has 1 aromatic heterocycles. The van der Waals surface area contributed by atoms with Crippen molar-refractivity contribution in [2.45, 2.75) is 26.7 Å². The summed E-state index contributed by atoms with van der Waals surface area (Å²) < 4.78 is 0. The summed E-state index contributed by atoms with van der Waals surface area (Å²) in [5.41, 5.74) is 8.02. The Balaban J connectivity index is 2.24. The first-order valence-electron chi connectivity index (χ1n) is 5.64. The number of nitrogens with two attached hydrogens (primary N) is 1. The maximum Gasteiger partial charge on any atom is 0.152 e. The molecule has 15 heavy (non-hydrogen) atoms. The number of anilines is 2. The highest BCUT2D eigenvalue weighted by Crippen LogP contribution is 2.27. The largest absolute Gasteiger partial charge is 0.396 e. The van der Waals surface area contributed by atoms with Gasteiger partial charge in [-0.25, -0.2) is 4.98 Å². The van der Waals surface area contributed by atoms with Crippen molar-refractivity contribution in [3.05, 3.63) is 17.8 Å². The number of hydrogen-bond acceptors (Lipinski definition) is 3. The second-order valence-electron chi connectivity index (χ2n) is 4.56. The van der Waals surface area contributed by atoms with Crippen LogP contribution < -0.4 is 10.6 Å². The first-order valence-corrected chi connectivity index (χ1v) is 5.64. The van der Waals surface area contributed by atoms with Gasteiger partial charge in [0.05, 0.1) is 5.69 Å². The molecule has 0 saturated carbocycles. The molecule has 1 aliphatic heterocycles. The Hall–Kier alpha value is -1.25. The van der Waals surface area contributed by atoms with Crippen molar-refractivity contribution in [1.29, 1.82) is 0 Å². The van der Waals surface area contributed by atoms with E-state index in [1.165, 1.54) is 12.8 Å². The molecule has 1 aliphatic rings. The van der Waals surface area contributed by atoms with E-state index in [1.807, 2.05) is 19.2 Å². The third-order valence-electron chi connectivity index (χ3n) is 3.14. The third-order valence-corrected chi connectivity index (χ3v) is 3.14. The predicted octanol–water partition coefficient (Wildman–Crippen LogP) is 2.21. The highest BCUT2D eigenvalue weighted by Gasteiger charge is 2.19. The monoisotopic (exact) mass is 205 g/mol. The molecule has 0 bridgehead atoms. The van der Waals surface area contributed by atoms with E-state index in [-0.39, 0.29) is 0 Å². The molecule has 82 valence electrons. The molecule has 0 aromatic carbocycles. The molecule has 0 radical (unpaired) electrons. The topological polar surface area (TPSA) is 42.2 Å². The van der Waals surface area contributed by atoms with Crippen LogP contribution in [0, 0.1) is 12.8 Å². The number of rotatable bonds is 1. The van der Waals surface area contributed by atoms with Gasteiger partial charge in [-0.1, -0.05) is 6.92 Å². The van der Waals surface area contributed by atoms with Gasteiger partial charge in [0.2, 0.25) is 0 Å². The summed E-state index contributed by atoms with van der Waals surface area (Å²) in [6, 6.07) is 1.96. The fraction of sp³-hybridized carbons (Fsp3) is 0.583. The van der Waals surface area contributed by atoms with E-state index in [0.29, 0.717) is 0 Å². The zero-order chi connectivity index (χ0) is 10.8. The summed E-state index contributed by atoms with van der Waals surface area (Å²) in [5, 5.41) is 0. The minimum Gasteiger partial charge on any atom is -0.396 e. The Morgan fingerprint density at radius 3 is 3.07 bits per heavy atom. The highest BCUT2D eigenvalue weighted by atomic mass is 15.2. The molecule has 3 nitrogen and oxygen atoms in total. The molecule has 1 fully saturated rings. The number of nitrogen functional groups attached to an aromatic ring is 1. The van der Waals surface area contributed by atoms with Crippen LogP contribution in [-0.4, -0.2) is 18.1 Å². The number of nitrogens with zero attached hydrogens (tertiary/aromatic N) is 2. The second-order valence-corrected chi connectivity index (χ2v) is 4.56. The lowest BCUT2D eigenvalue weighted by Crippen LogP contribution is -2.35. The van der Waals surface area contributed by atoms with Crippen molar-refractivity contribution in [2.24, 2.45) is 5.92 Å². The highest BCUT2D eigenvalue weighted by molar-refractivity contribution is 5.66. The van der Waals surface area contributed by atoms with Crippen molar-refractivity contribution < 1.29 is 0 Å². The molecule has 3 heteroatoms. The average Bonchev–Trinajstić information content (AvgIpc) is 2.22. The van der Waals surface area contributed by atoms with Crippen LogP contribution in [0.25, 0.3) is 0 Å². The number of aryl methyl sites for hydroxylation is 1. The number of pyridine rings is 1. The summed E-state index contributed by atoms with van der Waals surface area (Å²) in [4.78, 5) is 6.71. The summed E-state index contributed by atoms with van der Waals surface area (Å²) in [6.45, 7) is 6.50. The van der Waals surface area contributed by atoms with Gasteiger partial charge in [0.25, 0.3) is 0 Å². The summed E-state index contributed by atoms with van der Waals surface area (Å²) in [7, 11) is 0. The molecule has 2 N–H and O–H groups in total. The van der Waals surface area contributed by atoms with Crippen LogP contribution in [0.5, 0.6) is 0 Å². The van der Waals surface area contributed by atoms with Crippen LogP contribution >= 0.6 is 0 Å². The van der Waals surface area contributed by atoms with E-state index in [1.54, 1.807) is 0 Å². The maximum atomic E-state index is 6.05. The molecular formula is C12H19N3. The van der Waals surface area contributed by atoms with E-state index < -0.39 is 0 Å². The number of piperidine rings is 1. The van der Waals surface area contributed by atoms with Crippen molar-refractivity contribution in [3.63, 3.8) is 0 Å². The van der Waals surface area contributed by atoms with Gasteiger partial charge in [0, 0.05) is 19.3 Å². The molecule has 1 saturated heterocycles. The zero-order valence-electron chi connectivity index (χ0n) is 9.53. The molecular weight excluding hydrogens is 186 g/mol. The third kappa shape index (κ3) is 2.06. The van der Waals surface area contributed by atoms with Gasteiger partial charge in [-0.2, -0.15) is 0 Å².